The zero-order chi connectivity index (χ0) is 19.6. The topological polar surface area (TPSA) is 37.2 Å². The summed E-state index contributed by atoms with van der Waals surface area (Å²) in [4.78, 5) is 12.3. The van der Waals surface area contributed by atoms with E-state index in [9.17, 15) is 4.39 Å². The van der Waals surface area contributed by atoms with E-state index in [0.29, 0.717) is 10.9 Å². The molecule has 0 N–H and O–H groups in total. The molecule has 0 spiro atoms. The summed E-state index contributed by atoms with van der Waals surface area (Å²) < 4.78 is 14.2. The van der Waals surface area contributed by atoms with Gasteiger partial charge in [0.15, 0.2) is 6.10 Å². The van der Waals surface area contributed by atoms with Crippen molar-refractivity contribution in [2.45, 2.75) is 33.3 Å². The highest BCUT2D eigenvalue weighted by Crippen LogP contribution is 2.36. The van der Waals surface area contributed by atoms with Gasteiger partial charge in [0.2, 0.25) is 0 Å². The van der Waals surface area contributed by atoms with Gasteiger partial charge >= 0.3 is 0 Å². The quantitative estimate of drug-likeness (QED) is 0.450. The van der Waals surface area contributed by atoms with Crippen molar-refractivity contribution in [1.29, 1.82) is 0 Å². The molecule has 0 saturated carbocycles. The Hall–Kier alpha value is -2.21. The lowest BCUT2D eigenvalue weighted by Crippen LogP contribution is -2.14. The van der Waals surface area contributed by atoms with E-state index in [-0.39, 0.29) is 11.9 Å². The van der Waals surface area contributed by atoms with Crippen molar-refractivity contribution in [3.63, 3.8) is 0 Å². The maximum Gasteiger partial charge on any atom is 0.158 e. The summed E-state index contributed by atoms with van der Waals surface area (Å²) in [6.45, 7) is 7.09. The number of nitrogens with zero attached hydrogens (tertiary/aromatic N) is 3. The monoisotopic (exact) mass is 431 g/mol. The predicted octanol–water partition coefficient (Wildman–Crippen LogP) is 5.68. The summed E-state index contributed by atoms with van der Waals surface area (Å²) >= 11 is 3.31. The summed E-state index contributed by atoms with van der Waals surface area (Å²) in [5.74, 6) is -0.301. The maximum atomic E-state index is 13.8. The molecule has 0 fully saturated rings. The number of rotatable bonds is 5. The van der Waals surface area contributed by atoms with E-state index in [2.05, 4.69) is 52.1 Å². The third kappa shape index (κ3) is 4.21. The molecule has 1 unspecified atom stereocenters. The van der Waals surface area contributed by atoms with Crippen molar-refractivity contribution >= 4 is 33.7 Å². The molecule has 0 aromatic heterocycles. The number of halogens is 2. The first-order valence-corrected chi connectivity index (χ1v) is 9.72. The van der Waals surface area contributed by atoms with E-state index in [1.807, 2.05) is 31.3 Å². The molecule has 142 valence electrons. The normalized spacial score (nSPS) is 16.5. The van der Waals surface area contributed by atoms with Crippen LogP contribution >= 0.6 is 15.9 Å². The molecule has 1 heterocycles. The molecule has 1 atom stereocenters. The van der Waals surface area contributed by atoms with Crippen LogP contribution in [-0.2, 0) is 4.84 Å². The molecule has 2 aromatic carbocycles. The van der Waals surface area contributed by atoms with Crippen molar-refractivity contribution < 1.29 is 9.23 Å². The second-order valence-corrected chi connectivity index (χ2v) is 7.54. The van der Waals surface area contributed by atoms with Gasteiger partial charge in [0.25, 0.3) is 0 Å². The van der Waals surface area contributed by atoms with Gasteiger partial charge in [-0.2, -0.15) is 0 Å². The van der Waals surface area contributed by atoms with Crippen LogP contribution in [0.2, 0.25) is 0 Å². The van der Waals surface area contributed by atoms with Crippen LogP contribution in [0.3, 0.4) is 0 Å². The van der Waals surface area contributed by atoms with Gasteiger partial charge in [-0.05, 0) is 71.6 Å². The van der Waals surface area contributed by atoms with Gasteiger partial charge in [-0.3, -0.25) is 0 Å². The highest BCUT2D eigenvalue weighted by atomic mass is 79.9. The van der Waals surface area contributed by atoms with Crippen molar-refractivity contribution in [1.82, 2.24) is 4.90 Å². The second kappa shape index (κ2) is 8.21. The van der Waals surface area contributed by atoms with E-state index in [1.165, 1.54) is 6.07 Å². The molecule has 27 heavy (non-hydrogen) atoms. The number of hydrogen-bond acceptors (Lipinski definition) is 3. The zero-order valence-electron chi connectivity index (χ0n) is 16.0. The highest BCUT2D eigenvalue weighted by Gasteiger charge is 2.27. The lowest BCUT2D eigenvalue weighted by Gasteiger charge is -2.15. The molecule has 0 bridgehead atoms. The number of benzene rings is 2. The Bertz CT molecular complexity index is 911. The molecule has 6 heteroatoms. The van der Waals surface area contributed by atoms with Crippen LogP contribution in [0.4, 0.5) is 10.1 Å². The lowest BCUT2D eigenvalue weighted by molar-refractivity contribution is 0.0852. The Morgan fingerprint density at radius 3 is 2.85 bits per heavy atom. The van der Waals surface area contributed by atoms with Crippen molar-refractivity contribution in [2.24, 2.45) is 10.1 Å². The number of oxime groups is 1. The second-order valence-electron chi connectivity index (χ2n) is 6.75. The van der Waals surface area contributed by atoms with Crippen molar-refractivity contribution in [3.8, 4) is 0 Å². The van der Waals surface area contributed by atoms with E-state index in [1.54, 1.807) is 6.07 Å². The summed E-state index contributed by atoms with van der Waals surface area (Å²) in [6.07, 6.45) is 2.27. The molecule has 3 rings (SSSR count). The number of aryl methyl sites for hydroxylation is 2. The van der Waals surface area contributed by atoms with Gasteiger partial charge in [0.1, 0.15) is 5.82 Å². The van der Waals surface area contributed by atoms with Gasteiger partial charge in [0, 0.05) is 25.6 Å². The average Bonchev–Trinajstić information content (AvgIpc) is 3.13. The molecule has 0 amide bonds. The van der Waals surface area contributed by atoms with Crippen LogP contribution in [0, 0.1) is 19.7 Å². The van der Waals surface area contributed by atoms with Gasteiger partial charge in [-0.15, -0.1) is 0 Å². The smallest absolute Gasteiger partial charge is 0.158 e. The van der Waals surface area contributed by atoms with Crippen LogP contribution in [0.15, 0.2) is 45.0 Å². The van der Waals surface area contributed by atoms with Crippen molar-refractivity contribution in [2.75, 3.05) is 13.6 Å². The summed E-state index contributed by atoms with van der Waals surface area (Å²) in [7, 11) is 2.00. The van der Waals surface area contributed by atoms with Gasteiger partial charge in [-0.1, -0.05) is 17.3 Å². The number of hydrogen-bond donors (Lipinski definition) is 0. The van der Waals surface area contributed by atoms with E-state index >= 15 is 0 Å². The van der Waals surface area contributed by atoms with Crippen molar-refractivity contribution in [3.05, 3.63) is 62.9 Å². The van der Waals surface area contributed by atoms with E-state index in [0.717, 1.165) is 40.2 Å². The van der Waals surface area contributed by atoms with E-state index in [4.69, 9.17) is 4.84 Å². The minimum atomic E-state index is -0.301. The first-order chi connectivity index (χ1) is 12.9. The number of aliphatic imine (C=N–C) groups is 1. The minimum Gasteiger partial charge on any atom is -0.387 e. The molecule has 2 aromatic rings. The van der Waals surface area contributed by atoms with Crippen LogP contribution in [0.5, 0.6) is 0 Å². The third-order valence-corrected chi connectivity index (χ3v) is 5.56. The molecular weight excluding hydrogens is 409 g/mol. The lowest BCUT2D eigenvalue weighted by atomic mass is 9.95. The fraction of sp³-hybridized carbons (Fsp3) is 0.333. The Morgan fingerprint density at radius 2 is 2.11 bits per heavy atom. The summed E-state index contributed by atoms with van der Waals surface area (Å²) in [5, 5.41) is 4.21. The van der Waals surface area contributed by atoms with Crippen LogP contribution in [0.1, 0.15) is 41.7 Å². The Balaban J connectivity index is 1.81. The fourth-order valence-electron chi connectivity index (χ4n) is 2.98. The molecular formula is C21H23BrFN3O. The SMILES string of the molecule is CCN(C)C=Nc1cc(C)c(C2CC(c3cccc(F)c3Br)=NO2)cc1C. The standard InChI is InChI=1S/C21H23BrFN3O/c1-5-26(4)12-24-18-10-13(2)16(9-14(18)3)20-11-19(25-27-20)15-7-6-8-17(23)21(15)22/h6-10,12,20H,5,11H2,1-4H3. The Morgan fingerprint density at radius 1 is 1.33 bits per heavy atom. The van der Waals surface area contributed by atoms with Crippen LogP contribution in [-0.4, -0.2) is 30.5 Å². The largest absolute Gasteiger partial charge is 0.387 e. The average molecular weight is 432 g/mol. The molecule has 1 aliphatic rings. The summed E-state index contributed by atoms with van der Waals surface area (Å²) in [6, 6.07) is 9.13. The van der Waals surface area contributed by atoms with Crippen LogP contribution < -0.4 is 0 Å². The van der Waals surface area contributed by atoms with Gasteiger partial charge in [0.05, 0.1) is 22.2 Å². The summed E-state index contributed by atoms with van der Waals surface area (Å²) in [5.41, 5.74) is 5.70. The molecule has 0 radical (unpaired) electrons. The predicted molar refractivity (Wildman–Crippen MR) is 111 cm³/mol. The maximum absolute atomic E-state index is 13.8. The third-order valence-electron chi connectivity index (χ3n) is 4.76. The fourth-order valence-corrected chi connectivity index (χ4v) is 3.47. The Labute approximate surface area is 167 Å². The van der Waals surface area contributed by atoms with Gasteiger partial charge < -0.3 is 9.74 Å². The first-order valence-electron chi connectivity index (χ1n) is 8.93. The van der Waals surface area contributed by atoms with Gasteiger partial charge in [-0.25, -0.2) is 9.38 Å². The zero-order valence-corrected chi connectivity index (χ0v) is 17.5. The molecule has 1 aliphatic heterocycles. The highest BCUT2D eigenvalue weighted by molar-refractivity contribution is 9.10. The van der Waals surface area contributed by atoms with Crippen LogP contribution in [0.25, 0.3) is 0 Å². The molecule has 0 aliphatic carbocycles. The first kappa shape index (κ1) is 19.5. The van der Waals surface area contributed by atoms with E-state index < -0.39 is 0 Å². The molecule has 4 nitrogen and oxygen atoms in total. The Kier molecular flexibility index (Phi) is 5.95. The molecule has 0 saturated heterocycles. The minimum absolute atomic E-state index is 0.176.